The first kappa shape index (κ1) is 12.8. The lowest BCUT2D eigenvalue weighted by Crippen LogP contribution is -2.08. The first-order valence-electron chi connectivity index (χ1n) is 6.42. The Hall–Kier alpha value is -1.61. The highest BCUT2D eigenvalue weighted by atomic mass is 16.3. The van der Waals surface area contributed by atoms with Crippen molar-refractivity contribution in [3.63, 3.8) is 0 Å². The van der Waals surface area contributed by atoms with Crippen molar-refractivity contribution >= 4 is 0 Å². The molecule has 0 spiro atoms. The molecule has 1 aromatic carbocycles. The number of aliphatic hydroxyl groups is 1. The van der Waals surface area contributed by atoms with Gasteiger partial charge in [-0.1, -0.05) is 44.2 Å². The van der Waals surface area contributed by atoms with E-state index in [0.717, 1.165) is 17.9 Å². The van der Waals surface area contributed by atoms with Crippen molar-refractivity contribution in [1.82, 2.24) is 9.55 Å². The normalized spacial score (nSPS) is 12.9. The Balaban J connectivity index is 1.97. The van der Waals surface area contributed by atoms with Gasteiger partial charge in [0.15, 0.2) is 0 Å². The Morgan fingerprint density at radius 3 is 2.61 bits per heavy atom. The molecular formula is C15H20N2O. The molecule has 0 aliphatic heterocycles. The van der Waals surface area contributed by atoms with Crippen LogP contribution in [0.4, 0.5) is 0 Å². The molecule has 0 aliphatic rings. The number of aliphatic hydroxyl groups excluding tert-OH is 1. The van der Waals surface area contributed by atoms with E-state index in [9.17, 15) is 5.11 Å². The maximum Gasteiger partial charge on any atom is 0.111 e. The number of aromatic nitrogens is 2. The smallest absolute Gasteiger partial charge is 0.111 e. The van der Waals surface area contributed by atoms with Gasteiger partial charge in [0.1, 0.15) is 5.82 Å². The molecule has 18 heavy (non-hydrogen) atoms. The fraction of sp³-hybridized carbons (Fsp3) is 0.400. The van der Waals surface area contributed by atoms with E-state index in [1.54, 1.807) is 0 Å². The minimum atomic E-state index is -0.409. The molecule has 3 nitrogen and oxygen atoms in total. The first-order chi connectivity index (χ1) is 8.68. The number of benzene rings is 1. The maximum atomic E-state index is 10.1. The van der Waals surface area contributed by atoms with Crippen molar-refractivity contribution in [2.75, 3.05) is 0 Å². The lowest BCUT2D eigenvalue weighted by atomic mass is 10.1. The minimum absolute atomic E-state index is 0.409. The summed E-state index contributed by atoms with van der Waals surface area (Å²) in [6.07, 6.45) is 4.10. The first-order valence-corrected chi connectivity index (χ1v) is 6.42. The molecular weight excluding hydrogens is 224 g/mol. The third-order valence-corrected chi connectivity index (χ3v) is 3.09. The molecule has 0 radical (unpaired) electrons. The van der Waals surface area contributed by atoms with E-state index in [1.807, 2.05) is 42.7 Å². The Labute approximate surface area is 108 Å². The van der Waals surface area contributed by atoms with Crippen LogP contribution in [0.1, 0.15) is 43.7 Å². The third-order valence-electron chi connectivity index (χ3n) is 3.09. The van der Waals surface area contributed by atoms with Crippen LogP contribution in [0.2, 0.25) is 0 Å². The lowest BCUT2D eigenvalue weighted by Gasteiger charge is -2.14. The summed E-state index contributed by atoms with van der Waals surface area (Å²) in [6.45, 7) is 5.06. The summed E-state index contributed by atoms with van der Waals surface area (Å²) in [7, 11) is 0. The van der Waals surface area contributed by atoms with E-state index in [2.05, 4.69) is 23.4 Å². The Morgan fingerprint density at radius 2 is 1.94 bits per heavy atom. The van der Waals surface area contributed by atoms with Crippen LogP contribution in [-0.4, -0.2) is 14.7 Å². The molecule has 0 aliphatic carbocycles. The summed E-state index contributed by atoms with van der Waals surface area (Å²) in [5.41, 5.74) is 0.976. The molecule has 1 aromatic heterocycles. The summed E-state index contributed by atoms with van der Waals surface area (Å²) in [5, 5.41) is 10.1. The van der Waals surface area contributed by atoms with Gasteiger partial charge < -0.3 is 9.67 Å². The average Bonchev–Trinajstić information content (AvgIpc) is 2.85. The molecule has 0 saturated carbocycles. The highest BCUT2D eigenvalue weighted by Crippen LogP contribution is 2.18. The van der Waals surface area contributed by atoms with Gasteiger partial charge in [-0.05, 0) is 12.0 Å². The molecule has 96 valence electrons. The Kier molecular flexibility index (Phi) is 4.15. The fourth-order valence-corrected chi connectivity index (χ4v) is 2.11. The number of hydrogen-bond acceptors (Lipinski definition) is 2. The van der Waals surface area contributed by atoms with Crippen LogP contribution in [0.3, 0.4) is 0 Å². The topological polar surface area (TPSA) is 38.0 Å². The predicted molar refractivity (Wildman–Crippen MR) is 72.3 cm³/mol. The zero-order valence-electron chi connectivity index (χ0n) is 11.0. The van der Waals surface area contributed by atoms with Crippen molar-refractivity contribution in [2.24, 2.45) is 0 Å². The van der Waals surface area contributed by atoms with Crippen LogP contribution in [0.15, 0.2) is 42.7 Å². The third kappa shape index (κ3) is 2.99. The van der Waals surface area contributed by atoms with E-state index < -0.39 is 6.10 Å². The van der Waals surface area contributed by atoms with Crippen LogP contribution < -0.4 is 0 Å². The van der Waals surface area contributed by atoms with Crippen LogP contribution >= 0.6 is 0 Å². The van der Waals surface area contributed by atoms with Crippen LogP contribution in [-0.2, 0) is 6.54 Å². The molecule has 1 heterocycles. The molecule has 0 amide bonds. The number of nitrogens with zero attached hydrogens (tertiary/aromatic N) is 2. The van der Waals surface area contributed by atoms with Crippen LogP contribution in [0, 0.1) is 0 Å². The molecule has 0 saturated heterocycles. The molecule has 1 atom stereocenters. The maximum absolute atomic E-state index is 10.1. The molecule has 0 bridgehead atoms. The zero-order chi connectivity index (χ0) is 13.0. The Morgan fingerprint density at radius 1 is 1.22 bits per heavy atom. The lowest BCUT2D eigenvalue weighted by molar-refractivity contribution is 0.160. The summed E-state index contributed by atoms with van der Waals surface area (Å²) in [4.78, 5) is 4.35. The second-order valence-electron chi connectivity index (χ2n) is 4.85. The predicted octanol–water partition coefficient (Wildman–Crippen LogP) is 3.13. The summed E-state index contributed by atoms with van der Waals surface area (Å²) >= 11 is 0. The monoisotopic (exact) mass is 244 g/mol. The van der Waals surface area contributed by atoms with Crippen molar-refractivity contribution in [1.29, 1.82) is 0 Å². The van der Waals surface area contributed by atoms with Gasteiger partial charge in [-0.2, -0.15) is 0 Å². The summed E-state index contributed by atoms with van der Waals surface area (Å²) < 4.78 is 2.12. The number of aryl methyl sites for hydroxylation is 1. The van der Waals surface area contributed by atoms with E-state index in [1.165, 1.54) is 0 Å². The van der Waals surface area contributed by atoms with E-state index in [-0.39, 0.29) is 0 Å². The number of imidazole rings is 1. The second-order valence-corrected chi connectivity index (χ2v) is 4.85. The highest BCUT2D eigenvalue weighted by Gasteiger charge is 2.10. The van der Waals surface area contributed by atoms with Gasteiger partial charge in [-0.3, -0.25) is 0 Å². The van der Waals surface area contributed by atoms with Gasteiger partial charge in [0, 0.05) is 24.9 Å². The van der Waals surface area contributed by atoms with Gasteiger partial charge >= 0.3 is 0 Å². The van der Waals surface area contributed by atoms with E-state index in [0.29, 0.717) is 12.3 Å². The standard InChI is InChI=1S/C15H20N2O/c1-12(2)15-16-9-11-17(15)10-8-14(18)13-6-4-3-5-7-13/h3-7,9,11-12,14,18H,8,10H2,1-2H3. The highest BCUT2D eigenvalue weighted by molar-refractivity contribution is 5.17. The van der Waals surface area contributed by atoms with Gasteiger partial charge in [-0.25, -0.2) is 4.98 Å². The van der Waals surface area contributed by atoms with Crippen LogP contribution in [0.5, 0.6) is 0 Å². The summed E-state index contributed by atoms with van der Waals surface area (Å²) in [6, 6.07) is 9.79. The molecule has 3 heteroatoms. The molecule has 2 aromatic rings. The molecule has 0 fully saturated rings. The SMILES string of the molecule is CC(C)c1nccn1CCC(O)c1ccccc1. The van der Waals surface area contributed by atoms with Gasteiger partial charge in [0.05, 0.1) is 6.10 Å². The summed E-state index contributed by atoms with van der Waals surface area (Å²) in [5.74, 6) is 1.49. The fourth-order valence-electron chi connectivity index (χ4n) is 2.11. The van der Waals surface area contributed by atoms with Crippen LogP contribution in [0.25, 0.3) is 0 Å². The number of hydrogen-bond donors (Lipinski definition) is 1. The molecule has 1 unspecified atom stereocenters. The van der Waals surface area contributed by atoms with Crippen molar-refractivity contribution in [3.8, 4) is 0 Å². The van der Waals surface area contributed by atoms with E-state index >= 15 is 0 Å². The van der Waals surface area contributed by atoms with Crippen molar-refractivity contribution in [2.45, 2.75) is 38.8 Å². The largest absolute Gasteiger partial charge is 0.388 e. The zero-order valence-corrected chi connectivity index (χ0v) is 11.0. The number of rotatable bonds is 5. The molecule has 2 rings (SSSR count). The van der Waals surface area contributed by atoms with E-state index in [4.69, 9.17) is 0 Å². The molecule has 1 N–H and O–H groups in total. The van der Waals surface area contributed by atoms with Gasteiger partial charge in [0.2, 0.25) is 0 Å². The Bertz CT molecular complexity index is 476. The second kappa shape index (κ2) is 5.83. The van der Waals surface area contributed by atoms with Crippen molar-refractivity contribution in [3.05, 3.63) is 54.1 Å². The quantitative estimate of drug-likeness (QED) is 0.877. The van der Waals surface area contributed by atoms with Gasteiger partial charge in [0.25, 0.3) is 0 Å². The van der Waals surface area contributed by atoms with Gasteiger partial charge in [-0.15, -0.1) is 0 Å². The minimum Gasteiger partial charge on any atom is -0.388 e. The average molecular weight is 244 g/mol. The van der Waals surface area contributed by atoms with Crippen molar-refractivity contribution < 1.29 is 5.11 Å².